The molecule has 0 radical (unpaired) electrons. The fraction of sp³-hybridized carbons (Fsp3) is 0.900. The number of nitrogens with zero attached hydrogens (tertiary/aromatic N) is 1. The van der Waals surface area contributed by atoms with Crippen molar-refractivity contribution in [2.45, 2.75) is 52.0 Å². The molecule has 1 heterocycles. The van der Waals surface area contributed by atoms with E-state index in [1.807, 2.05) is 4.90 Å². The van der Waals surface area contributed by atoms with E-state index in [2.05, 4.69) is 13.8 Å². The highest BCUT2D eigenvalue weighted by Gasteiger charge is 2.19. The Balaban J connectivity index is 2.52. The van der Waals surface area contributed by atoms with E-state index < -0.39 is 0 Å². The minimum Gasteiger partial charge on any atom is -0.340 e. The Morgan fingerprint density at radius 3 is 2.83 bits per heavy atom. The van der Waals surface area contributed by atoms with E-state index in [0.717, 1.165) is 25.8 Å². The Morgan fingerprint density at radius 2 is 2.17 bits per heavy atom. The first-order valence-electron chi connectivity index (χ1n) is 5.05. The first-order chi connectivity index (χ1) is 5.75. The van der Waals surface area contributed by atoms with Crippen LogP contribution in [0.2, 0.25) is 0 Å². The maximum absolute atomic E-state index is 11.5. The van der Waals surface area contributed by atoms with E-state index in [1.165, 1.54) is 12.8 Å². The SMILES string of the molecule is CC[C@@H](C)N1CCCCCC1=O. The van der Waals surface area contributed by atoms with Gasteiger partial charge in [-0.1, -0.05) is 13.3 Å². The summed E-state index contributed by atoms with van der Waals surface area (Å²) < 4.78 is 0. The average Bonchev–Trinajstić information content (AvgIpc) is 2.28. The first kappa shape index (κ1) is 9.56. The molecule has 0 unspecified atom stereocenters. The Morgan fingerprint density at radius 1 is 1.42 bits per heavy atom. The molecular formula is C10H19NO. The highest BCUT2D eigenvalue weighted by Crippen LogP contribution is 2.14. The van der Waals surface area contributed by atoms with Crippen molar-refractivity contribution in [2.75, 3.05) is 6.54 Å². The van der Waals surface area contributed by atoms with Crippen LogP contribution in [0.1, 0.15) is 46.0 Å². The molecule has 1 saturated heterocycles. The molecule has 0 bridgehead atoms. The van der Waals surface area contributed by atoms with Gasteiger partial charge < -0.3 is 4.90 Å². The van der Waals surface area contributed by atoms with Gasteiger partial charge in [-0.05, 0) is 26.2 Å². The van der Waals surface area contributed by atoms with E-state index in [4.69, 9.17) is 0 Å². The van der Waals surface area contributed by atoms with Crippen LogP contribution in [-0.4, -0.2) is 23.4 Å². The lowest BCUT2D eigenvalue weighted by molar-refractivity contribution is -0.132. The van der Waals surface area contributed by atoms with Crippen molar-refractivity contribution in [1.82, 2.24) is 4.90 Å². The van der Waals surface area contributed by atoms with E-state index in [1.54, 1.807) is 0 Å². The summed E-state index contributed by atoms with van der Waals surface area (Å²) in [6.45, 7) is 5.26. The molecule has 0 aliphatic carbocycles. The van der Waals surface area contributed by atoms with Gasteiger partial charge in [0.15, 0.2) is 0 Å². The monoisotopic (exact) mass is 169 g/mol. The quantitative estimate of drug-likeness (QED) is 0.620. The number of hydrogen-bond acceptors (Lipinski definition) is 1. The van der Waals surface area contributed by atoms with Crippen LogP contribution >= 0.6 is 0 Å². The van der Waals surface area contributed by atoms with Gasteiger partial charge in [-0.15, -0.1) is 0 Å². The van der Waals surface area contributed by atoms with Crippen LogP contribution in [0.5, 0.6) is 0 Å². The van der Waals surface area contributed by atoms with Crippen molar-refractivity contribution in [3.8, 4) is 0 Å². The van der Waals surface area contributed by atoms with Gasteiger partial charge in [-0.3, -0.25) is 4.79 Å². The highest BCUT2D eigenvalue weighted by atomic mass is 16.2. The molecule has 2 nitrogen and oxygen atoms in total. The molecule has 1 aliphatic heterocycles. The fourth-order valence-electron chi connectivity index (χ4n) is 1.69. The second-order valence-electron chi connectivity index (χ2n) is 3.66. The van der Waals surface area contributed by atoms with E-state index in [-0.39, 0.29) is 0 Å². The molecule has 0 spiro atoms. The summed E-state index contributed by atoms with van der Waals surface area (Å²) in [5.74, 6) is 0.363. The summed E-state index contributed by atoms with van der Waals surface area (Å²) in [5.41, 5.74) is 0. The van der Waals surface area contributed by atoms with E-state index >= 15 is 0 Å². The zero-order valence-corrected chi connectivity index (χ0v) is 8.18. The summed E-state index contributed by atoms with van der Waals surface area (Å²) >= 11 is 0. The molecule has 0 aromatic carbocycles. The average molecular weight is 169 g/mol. The van der Waals surface area contributed by atoms with Crippen molar-refractivity contribution in [3.63, 3.8) is 0 Å². The van der Waals surface area contributed by atoms with Crippen LogP contribution < -0.4 is 0 Å². The third-order valence-corrected chi connectivity index (χ3v) is 2.73. The number of hydrogen-bond donors (Lipinski definition) is 0. The zero-order valence-electron chi connectivity index (χ0n) is 8.18. The van der Waals surface area contributed by atoms with E-state index in [0.29, 0.717) is 11.9 Å². The molecule has 0 aromatic heterocycles. The third kappa shape index (κ3) is 2.23. The van der Waals surface area contributed by atoms with Gasteiger partial charge in [0.05, 0.1) is 0 Å². The molecule has 2 heteroatoms. The Labute approximate surface area is 74.9 Å². The van der Waals surface area contributed by atoms with Gasteiger partial charge in [0.25, 0.3) is 0 Å². The maximum atomic E-state index is 11.5. The van der Waals surface area contributed by atoms with Gasteiger partial charge >= 0.3 is 0 Å². The number of carbonyl (C=O) groups excluding carboxylic acids is 1. The zero-order chi connectivity index (χ0) is 8.97. The van der Waals surface area contributed by atoms with Gasteiger partial charge in [0, 0.05) is 19.0 Å². The van der Waals surface area contributed by atoms with Crippen molar-refractivity contribution >= 4 is 5.91 Å². The standard InChI is InChI=1S/C10H19NO/c1-3-9(2)11-8-6-4-5-7-10(11)12/h9H,3-8H2,1-2H3/t9-/m1/s1. The molecule has 1 amide bonds. The summed E-state index contributed by atoms with van der Waals surface area (Å²) in [4.78, 5) is 13.6. The van der Waals surface area contributed by atoms with Crippen LogP contribution in [0, 0.1) is 0 Å². The maximum Gasteiger partial charge on any atom is 0.222 e. The van der Waals surface area contributed by atoms with Crippen molar-refractivity contribution in [2.24, 2.45) is 0 Å². The lowest BCUT2D eigenvalue weighted by atomic mass is 10.2. The Hall–Kier alpha value is -0.530. The minimum absolute atomic E-state index is 0.363. The molecule has 1 aliphatic rings. The number of amides is 1. The first-order valence-corrected chi connectivity index (χ1v) is 5.05. The normalized spacial score (nSPS) is 22.2. The molecule has 0 saturated carbocycles. The summed E-state index contributed by atoms with van der Waals surface area (Å²) in [5, 5.41) is 0. The number of rotatable bonds is 2. The van der Waals surface area contributed by atoms with Gasteiger partial charge in [0.1, 0.15) is 0 Å². The van der Waals surface area contributed by atoms with Crippen LogP contribution in [0.3, 0.4) is 0 Å². The molecule has 0 aromatic rings. The molecule has 70 valence electrons. The summed E-state index contributed by atoms with van der Waals surface area (Å²) in [7, 11) is 0. The second kappa shape index (κ2) is 4.48. The van der Waals surface area contributed by atoms with Gasteiger partial charge in [0.2, 0.25) is 5.91 Å². The van der Waals surface area contributed by atoms with Crippen LogP contribution in [-0.2, 0) is 4.79 Å². The molecule has 1 rings (SSSR count). The predicted molar refractivity (Wildman–Crippen MR) is 49.9 cm³/mol. The smallest absolute Gasteiger partial charge is 0.222 e. The molecule has 0 N–H and O–H groups in total. The topological polar surface area (TPSA) is 20.3 Å². The largest absolute Gasteiger partial charge is 0.340 e. The highest BCUT2D eigenvalue weighted by molar-refractivity contribution is 5.76. The lowest BCUT2D eigenvalue weighted by Gasteiger charge is -2.26. The van der Waals surface area contributed by atoms with Crippen molar-refractivity contribution in [3.05, 3.63) is 0 Å². The van der Waals surface area contributed by atoms with Crippen LogP contribution in [0.15, 0.2) is 0 Å². The number of likely N-dealkylation sites (tertiary alicyclic amines) is 1. The Bertz CT molecular complexity index is 156. The number of carbonyl (C=O) groups is 1. The molecule has 12 heavy (non-hydrogen) atoms. The Kier molecular flexibility index (Phi) is 3.57. The molecule has 1 atom stereocenters. The summed E-state index contributed by atoms with van der Waals surface area (Å²) in [6.07, 6.45) is 5.34. The van der Waals surface area contributed by atoms with Crippen LogP contribution in [0.25, 0.3) is 0 Å². The van der Waals surface area contributed by atoms with Crippen molar-refractivity contribution in [1.29, 1.82) is 0 Å². The second-order valence-corrected chi connectivity index (χ2v) is 3.66. The van der Waals surface area contributed by atoms with Crippen molar-refractivity contribution < 1.29 is 4.79 Å². The fourth-order valence-corrected chi connectivity index (χ4v) is 1.69. The third-order valence-electron chi connectivity index (χ3n) is 2.73. The van der Waals surface area contributed by atoms with Crippen LogP contribution in [0.4, 0.5) is 0 Å². The molecule has 1 fully saturated rings. The lowest BCUT2D eigenvalue weighted by Crippen LogP contribution is -2.37. The van der Waals surface area contributed by atoms with Gasteiger partial charge in [-0.2, -0.15) is 0 Å². The van der Waals surface area contributed by atoms with E-state index in [9.17, 15) is 4.79 Å². The van der Waals surface area contributed by atoms with Gasteiger partial charge in [-0.25, -0.2) is 0 Å². The summed E-state index contributed by atoms with van der Waals surface area (Å²) in [6, 6.07) is 0.440. The molecular weight excluding hydrogens is 150 g/mol. The minimum atomic E-state index is 0.363. The predicted octanol–water partition coefficient (Wildman–Crippen LogP) is 2.19.